The SMILES string of the molecule is CC(C)(C)OC(=O)NCC(C(=O)OC(C)(C)C)c1ccc(OS(C)(=O)=O)cc1. The monoisotopic (exact) mass is 415 g/mol. The first-order chi connectivity index (χ1) is 12.6. The van der Waals surface area contributed by atoms with E-state index >= 15 is 0 Å². The Balaban J connectivity index is 3.00. The molecule has 0 heterocycles. The number of alkyl carbamates (subject to hydrolysis) is 1. The minimum atomic E-state index is -3.65. The molecule has 0 aliphatic heterocycles. The zero-order valence-corrected chi connectivity index (χ0v) is 18.2. The van der Waals surface area contributed by atoms with E-state index in [1.54, 1.807) is 53.7 Å². The zero-order chi connectivity index (χ0) is 21.8. The summed E-state index contributed by atoms with van der Waals surface area (Å²) in [7, 11) is -3.65. The normalized spacial score (nSPS) is 13.4. The molecule has 8 nitrogen and oxygen atoms in total. The molecule has 1 unspecified atom stereocenters. The number of esters is 1. The Hall–Kier alpha value is -2.29. The van der Waals surface area contributed by atoms with Crippen molar-refractivity contribution in [3.05, 3.63) is 29.8 Å². The molecule has 1 N–H and O–H groups in total. The molecular weight excluding hydrogens is 386 g/mol. The number of carbonyl (C=O) groups excluding carboxylic acids is 2. The van der Waals surface area contributed by atoms with Gasteiger partial charge in [-0.3, -0.25) is 4.79 Å². The molecule has 1 rings (SSSR count). The molecule has 1 aromatic carbocycles. The second-order valence-electron chi connectivity index (χ2n) is 8.33. The highest BCUT2D eigenvalue weighted by molar-refractivity contribution is 7.86. The minimum Gasteiger partial charge on any atom is -0.459 e. The van der Waals surface area contributed by atoms with Crippen molar-refractivity contribution in [2.24, 2.45) is 0 Å². The summed E-state index contributed by atoms with van der Waals surface area (Å²) >= 11 is 0. The molecule has 0 radical (unpaired) electrons. The van der Waals surface area contributed by atoms with E-state index in [4.69, 9.17) is 13.7 Å². The second kappa shape index (κ2) is 8.81. The van der Waals surface area contributed by atoms with Crippen molar-refractivity contribution < 1.29 is 31.7 Å². The fraction of sp³-hybridized carbons (Fsp3) is 0.579. The highest BCUT2D eigenvalue weighted by Crippen LogP contribution is 2.23. The fourth-order valence-electron chi connectivity index (χ4n) is 2.14. The summed E-state index contributed by atoms with van der Waals surface area (Å²) in [5.74, 6) is -1.21. The summed E-state index contributed by atoms with van der Waals surface area (Å²) in [5, 5.41) is 2.57. The Bertz CT molecular complexity index is 787. The predicted molar refractivity (Wildman–Crippen MR) is 105 cm³/mol. The van der Waals surface area contributed by atoms with Crippen LogP contribution in [-0.4, -0.2) is 44.5 Å². The molecule has 0 fully saturated rings. The minimum absolute atomic E-state index is 0.0455. The van der Waals surface area contributed by atoms with Crippen molar-refractivity contribution in [2.45, 2.75) is 58.7 Å². The number of hydrogen-bond donors (Lipinski definition) is 1. The van der Waals surface area contributed by atoms with Crippen LogP contribution in [0.2, 0.25) is 0 Å². The Morgan fingerprint density at radius 3 is 1.89 bits per heavy atom. The van der Waals surface area contributed by atoms with Gasteiger partial charge < -0.3 is 19.0 Å². The zero-order valence-electron chi connectivity index (χ0n) is 17.4. The molecule has 0 saturated carbocycles. The average molecular weight is 416 g/mol. The molecule has 1 amide bonds. The number of amides is 1. The van der Waals surface area contributed by atoms with Gasteiger partial charge in [0, 0.05) is 6.54 Å². The Morgan fingerprint density at radius 2 is 1.46 bits per heavy atom. The lowest BCUT2D eigenvalue weighted by atomic mass is 9.98. The number of benzene rings is 1. The maximum Gasteiger partial charge on any atom is 0.407 e. The van der Waals surface area contributed by atoms with Crippen molar-refractivity contribution in [3.63, 3.8) is 0 Å². The summed E-state index contributed by atoms with van der Waals surface area (Å²) in [6, 6.07) is 5.96. The molecule has 0 aliphatic rings. The van der Waals surface area contributed by atoms with Crippen molar-refractivity contribution in [1.29, 1.82) is 0 Å². The van der Waals surface area contributed by atoms with E-state index in [9.17, 15) is 18.0 Å². The van der Waals surface area contributed by atoms with Crippen molar-refractivity contribution in [2.75, 3.05) is 12.8 Å². The van der Waals surface area contributed by atoms with Crippen LogP contribution in [0, 0.1) is 0 Å². The molecule has 1 aromatic rings. The van der Waals surface area contributed by atoms with Gasteiger partial charge in [-0.2, -0.15) is 8.42 Å². The van der Waals surface area contributed by atoms with Crippen LogP contribution in [-0.2, 0) is 24.4 Å². The van der Waals surface area contributed by atoms with Crippen LogP contribution >= 0.6 is 0 Å². The van der Waals surface area contributed by atoms with Crippen LogP contribution in [0.25, 0.3) is 0 Å². The van der Waals surface area contributed by atoms with Gasteiger partial charge in [-0.15, -0.1) is 0 Å². The summed E-state index contributed by atoms with van der Waals surface area (Å²) < 4.78 is 37.9. The van der Waals surface area contributed by atoms with E-state index in [2.05, 4.69) is 5.32 Å². The summed E-state index contributed by atoms with van der Waals surface area (Å²) in [4.78, 5) is 24.6. The van der Waals surface area contributed by atoms with E-state index in [-0.39, 0.29) is 12.3 Å². The Labute approximate surface area is 166 Å². The first kappa shape index (κ1) is 23.7. The summed E-state index contributed by atoms with van der Waals surface area (Å²) in [6.45, 7) is 10.4. The smallest absolute Gasteiger partial charge is 0.407 e. The molecule has 28 heavy (non-hydrogen) atoms. The molecule has 0 spiro atoms. The molecular formula is C19H29NO7S. The third-order valence-corrected chi connectivity index (χ3v) is 3.57. The summed E-state index contributed by atoms with van der Waals surface area (Å²) in [6.07, 6.45) is 0.285. The predicted octanol–water partition coefficient (Wildman–Crippen LogP) is 2.98. The van der Waals surface area contributed by atoms with Gasteiger partial charge in [-0.25, -0.2) is 4.79 Å². The first-order valence-corrected chi connectivity index (χ1v) is 10.6. The van der Waals surface area contributed by atoms with E-state index in [0.717, 1.165) is 6.26 Å². The highest BCUT2D eigenvalue weighted by Gasteiger charge is 2.28. The van der Waals surface area contributed by atoms with Crippen LogP contribution in [0.1, 0.15) is 53.0 Å². The summed E-state index contributed by atoms with van der Waals surface area (Å²) in [5.41, 5.74) is -0.845. The maximum absolute atomic E-state index is 12.6. The maximum atomic E-state index is 12.6. The lowest BCUT2D eigenvalue weighted by Gasteiger charge is -2.25. The third kappa shape index (κ3) is 9.59. The number of hydrogen-bond acceptors (Lipinski definition) is 7. The second-order valence-corrected chi connectivity index (χ2v) is 9.90. The van der Waals surface area contributed by atoms with Crippen LogP contribution in [0.15, 0.2) is 24.3 Å². The number of rotatable bonds is 6. The number of ether oxygens (including phenoxy) is 2. The van der Waals surface area contributed by atoms with Crippen LogP contribution in [0.3, 0.4) is 0 Å². The average Bonchev–Trinajstić information content (AvgIpc) is 2.43. The van der Waals surface area contributed by atoms with Gasteiger partial charge in [-0.05, 0) is 59.2 Å². The molecule has 0 aliphatic carbocycles. The van der Waals surface area contributed by atoms with Gasteiger partial charge in [0.05, 0.1) is 12.2 Å². The van der Waals surface area contributed by atoms with E-state index in [1.807, 2.05) is 0 Å². The van der Waals surface area contributed by atoms with E-state index in [1.165, 1.54) is 12.1 Å². The lowest BCUT2D eigenvalue weighted by Crippen LogP contribution is -2.38. The van der Waals surface area contributed by atoms with E-state index in [0.29, 0.717) is 5.56 Å². The van der Waals surface area contributed by atoms with Gasteiger partial charge in [0.1, 0.15) is 17.0 Å². The Morgan fingerprint density at radius 1 is 0.964 bits per heavy atom. The van der Waals surface area contributed by atoms with Gasteiger partial charge in [0.25, 0.3) is 0 Å². The third-order valence-electron chi connectivity index (χ3n) is 3.07. The molecule has 0 aromatic heterocycles. The van der Waals surface area contributed by atoms with Crippen LogP contribution in [0.4, 0.5) is 4.79 Å². The van der Waals surface area contributed by atoms with E-state index < -0.39 is 39.3 Å². The van der Waals surface area contributed by atoms with Crippen molar-refractivity contribution in [1.82, 2.24) is 5.32 Å². The Kier molecular flexibility index (Phi) is 7.47. The van der Waals surface area contributed by atoms with Gasteiger partial charge >= 0.3 is 22.2 Å². The number of nitrogens with one attached hydrogen (secondary N) is 1. The lowest BCUT2D eigenvalue weighted by molar-refractivity contribution is -0.156. The highest BCUT2D eigenvalue weighted by atomic mass is 32.2. The standard InChI is InChI=1S/C19H29NO7S/c1-18(2,3)25-16(21)15(12-20-17(22)26-19(4,5)6)13-8-10-14(11-9-13)27-28(7,23)24/h8-11,15H,12H2,1-7H3,(H,20,22). The van der Waals surface area contributed by atoms with Crippen molar-refractivity contribution >= 4 is 22.2 Å². The molecule has 0 saturated heterocycles. The van der Waals surface area contributed by atoms with Gasteiger partial charge in [-0.1, -0.05) is 12.1 Å². The molecule has 0 bridgehead atoms. The molecule has 1 atom stereocenters. The fourth-order valence-corrected chi connectivity index (χ4v) is 2.60. The van der Waals surface area contributed by atoms with Crippen LogP contribution in [0.5, 0.6) is 5.75 Å². The quantitative estimate of drug-likeness (QED) is 0.562. The molecule has 9 heteroatoms. The number of carbonyl (C=O) groups is 2. The largest absolute Gasteiger partial charge is 0.459 e. The van der Waals surface area contributed by atoms with Crippen LogP contribution < -0.4 is 9.50 Å². The first-order valence-electron chi connectivity index (χ1n) is 8.75. The van der Waals surface area contributed by atoms with Gasteiger partial charge in [0.15, 0.2) is 0 Å². The topological polar surface area (TPSA) is 108 Å². The van der Waals surface area contributed by atoms with Crippen molar-refractivity contribution in [3.8, 4) is 5.75 Å². The molecule has 158 valence electrons. The van der Waals surface area contributed by atoms with Gasteiger partial charge in [0.2, 0.25) is 0 Å².